The van der Waals surface area contributed by atoms with Crippen LogP contribution in [0, 0.1) is 5.82 Å². The van der Waals surface area contributed by atoms with Crippen molar-refractivity contribution in [1.29, 1.82) is 0 Å². The standard InChI is InChI=1S/C16H14ClFN2O2/c1-11(21)20(15-7-5-12(17)6-8-15)10-16(22)19-14-4-2-3-13(18)9-14/h2-9H,10H2,1H3,(H,19,22). The van der Waals surface area contributed by atoms with Crippen LogP contribution in [0.2, 0.25) is 5.02 Å². The monoisotopic (exact) mass is 320 g/mol. The Morgan fingerprint density at radius 1 is 1.18 bits per heavy atom. The fourth-order valence-corrected chi connectivity index (χ4v) is 2.04. The van der Waals surface area contributed by atoms with E-state index in [1.165, 1.54) is 30.0 Å². The number of amides is 2. The zero-order chi connectivity index (χ0) is 16.1. The Morgan fingerprint density at radius 2 is 1.86 bits per heavy atom. The van der Waals surface area contributed by atoms with Crippen molar-refractivity contribution < 1.29 is 14.0 Å². The molecule has 0 fully saturated rings. The van der Waals surface area contributed by atoms with E-state index < -0.39 is 11.7 Å². The summed E-state index contributed by atoms with van der Waals surface area (Å²) in [5.41, 5.74) is 0.899. The highest BCUT2D eigenvalue weighted by Gasteiger charge is 2.16. The predicted octanol–water partition coefficient (Wildman–Crippen LogP) is 3.47. The van der Waals surface area contributed by atoms with Crippen LogP contribution < -0.4 is 10.2 Å². The molecule has 2 aromatic rings. The minimum atomic E-state index is -0.445. The molecule has 0 aromatic heterocycles. The number of rotatable bonds is 4. The van der Waals surface area contributed by atoms with E-state index in [9.17, 15) is 14.0 Å². The third kappa shape index (κ3) is 4.30. The van der Waals surface area contributed by atoms with Gasteiger partial charge in [-0.1, -0.05) is 17.7 Å². The molecule has 0 heterocycles. The van der Waals surface area contributed by atoms with E-state index in [4.69, 9.17) is 11.6 Å². The highest BCUT2D eigenvalue weighted by Crippen LogP contribution is 2.18. The quantitative estimate of drug-likeness (QED) is 0.937. The summed E-state index contributed by atoms with van der Waals surface area (Å²) in [6.45, 7) is 1.19. The first-order valence-corrected chi connectivity index (χ1v) is 6.92. The largest absolute Gasteiger partial charge is 0.324 e. The summed E-state index contributed by atoms with van der Waals surface area (Å²) in [6, 6.07) is 12.1. The van der Waals surface area contributed by atoms with E-state index in [0.29, 0.717) is 16.4 Å². The van der Waals surface area contributed by atoms with Crippen LogP contribution in [0.15, 0.2) is 48.5 Å². The maximum Gasteiger partial charge on any atom is 0.244 e. The van der Waals surface area contributed by atoms with Gasteiger partial charge in [0.25, 0.3) is 0 Å². The van der Waals surface area contributed by atoms with Gasteiger partial charge in [0.05, 0.1) is 0 Å². The number of nitrogens with zero attached hydrogens (tertiary/aromatic N) is 1. The van der Waals surface area contributed by atoms with Gasteiger partial charge in [0, 0.05) is 23.3 Å². The Bertz CT molecular complexity index is 689. The van der Waals surface area contributed by atoms with Gasteiger partial charge in [-0.2, -0.15) is 0 Å². The molecule has 0 bridgehead atoms. The van der Waals surface area contributed by atoms with Crippen molar-refractivity contribution in [3.05, 3.63) is 59.4 Å². The summed E-state index contributed by atoms with van der Waals surface area (Å²) < 4.78 is 13.1. The van der Waals surface area contributed by atoms with Crippen molar-refractivity contribution in [2.75, 3.05) is 16.8 Å². The van der Waals surface area contributed by atoms with Crippen LogP contribution in [0.4, 0.5) is 15.8 Å². The van der Waals surface area contributed by atoms with Crippen LogP contribution in [0.5, 0.6) is 0 Å². The van der Waals surface area contributed by atoms with Crippen LogP contribution in [0.25, 0.3) is 0 Å². The molecule has 6 heteroatoms. The van der Waals surface area contributed by atoms with E-state index in [1.54, 1.807) is 30.3 Å². The number of benzene rings is 2. The Kier molecular flexibility index (Phi) is 5.12. The third-order valence-corrected chi connectivity index (χ3v) is 3.18. The summed E-state index contributed by atoms with van der Waals surface area (Å²) in [4.78, 5) is 25.1. The molecule has 0 radical (unpaired) electrons. The van der Waals surface area contributed by atoms with Gasteiger partial charge in [0.1, 0.15) is 12.4 Å². The molecule has 0 aliphatic rings. The third-order valence-electron chi connectivity index (χ3n) is 2.93. The van der Waals surface area contributed by atoms with E-state index in [-0.39, 0.29) is 12.5 Å². The predicted molar refractivity (Wildman–Crippen MR) is 84.5 cm³/mol. The van der Waals surface area contributed by atoms with E-state index >= 15 is 0 Å². The molecule has 1 N–H and O–H groups in total. The number of hydrogen-bond donors (Lipinski definition) is 1. The lowest BCUT2D eigenvalue weighted by Gasteiger charge is -2.20. The first-order valence-electron chi connectivity index (χ1n) is 6.55. The Morgan fingerprint density at radius 3 is 2.45 bits per heavy atom. The van der Waals surface area contributed by atoms with Crippen LogP contribution >= 0.6 is 11.6 Å². The summed E-state index contributed by atoms with van der Waals surface area (Å²) in [7, 11) is 0. The van der Waals surface area contributed by atoms with Crippen LogP contribution in [-0.4, -0.2) is 18.4 Å². The van der Waals surface area contributed by atoms with E-state index in [0.717, 1.165) is 0 Å². The second-order valence-electron chi connectivity index (χ2n) is 4.64. The van der Waals surface area contributed by atoms with Gasteiger partial charge in [0.15, 0.2) is 0 Å². The summed E-state index contributed by atoms with van der Waals surface area (Å²) in [6.07, 6.45) is 0. The average molecular weight is 321 g/mol. The van der Waals surface area contributed by atoms with Crippen molar-refractivity contribution in [2.45, 2.75) is 6.92 Å². The number of halogens is 2. The Balaban J connectivity index is 2.09. The summed E-state index contributed by atoms with van der Waals surface area (Å²) in [5.74, 6) is -1.15. The molecule has 2 aromatic carbocycles. The molecular formula is C16H14ClFN2O2. The lowest BCUT2D eigenvalue weighted by molar-refractivity contribution is -0.120. The molecular weight excluding hydrogens is 307 g/mol. The fraction of sp³-hybridized carbons (Fsp3) is 0.125. The van der Waals surface area contributed by atoms with Gasteiger partial charge < -0.3 is 10.2 Å². The van der Waals surface area contributed by atoms with Crippen molar-refractivity contribution >= 4 is 34.8 Å². The van der Waals surface area contributed by atoms with Crippen molar-refractivity contribution in [3.8, 4) is 0 Å². The summed E-state index contributed by atoms with van der Waals surface area (Å²) >= 11 is 5.81. The number of carbonyl (C=O) groups is 2. The molecule has 114 valence electrons. The van der Waals surface area contributed by atoms with E-state index in [2.05, 4.69) is 5.32 Å². The minimum Gasteiger partial charge on any atom is -0.324 e. The Hall–Kier alpha value is -2.40. The molecule has 22 heavy (non-hydrogen) atoms. The lowest BCUT2D eigenvalue weighted by Crippen LogP contribution is -2.36. The summed E-state index contributed by atoms with van der Waals surface area (Å²) in [5, 5.41) is 3.09. The van der Waals surface area contributed by atoms with Gasteiger partial charge in [-0.15, -0.1) is 0 Å². The number of hydrogen-bond acceptors (Lipinski definition) is 2. The molecule has 0 aliphatic heterocycles. The SMILES string of the molecule is CC(=O)N(CC(=O)Nc1cccc(F)c1)c1ccc(Cl)cc1. The number of carbonyl (C=O) groups excluding carboxylic acids is 2. The molecule has 0 saturated carbocycles. The molecule has 0 saturated heterocycles. The van der Waals surface area contributed by atoms with Crippen LogP contribution in [0.3, 0.4) is 0 Å². The van der Waals surface area contributed by atoms with Crippen molar-refractivity contribution in [1.82, 2.24) is 0 Å². The van der Waals surface area contributed by atoms with Gasteiger partial charge >= 0.3 is 0 Å². The molecule has 0 unspecified atom stereocenters. The van der Waals surface area contributed by atoms with Crippen molar-refractivity contribution in [2.24, 2.45) is 0 Å². The zero-order valence-corrected chi connectivity index (χ0v) is 12.6. The van der Waals surface area contributed by atoms with Crippen LogP contribution in [-0.2, 0) is 9.59 Å². The number of anilines is 2. The second-order valence-corrected chi connectivity index (χ2v) is 5.08. The minimum absolute atomic E-state index is 0.173. The fourth-order valence-electron chi connectivity index (χ4n) is 1.92. The molecule has 0 aliphatic carbocycles. The lowest BCUT2D eigenvalue weighted by atomic mass is 10.2. The van der Waals surface area contributed by atoms with Crippen LogP contribution in [0.1, 0.15) is 6.92 Å². The maximum absolute atomic E-state index is 13.1. The number of nitrogens with one attached hydrogen (secondary N) is 1. The molecule has 4 nitrogen and oxygen atoms in total. The van der Waals surface area contributed by atoms with Gasteiger partial charge in [-0.25, -0.2) is 4.39 Å². The van der Waals surface area contributed by atoms with Gasteiger partial charge in [-0.3, -0.25) is 9.59 Å². The smallest absolute Gasteiger partial charge is 0.244 e. The normalized spacial score (nSPS) is 10.1. The molecule has 0 atom stereocenters. The Labute approximate surface area is 132 Å². The van der Waals surface area contributed by atoms with E-state index in [1.807, 2.05) is 0 Å². The maximum atomic E-state index is 13.1. The van der Waals surface area contributed by atoms with Crippen molar-refractivity contribution in [3.63, 3.8) is 0 Å². The topological polar surface area (TPSA) is 49.4 Å². The average Bonchev–Trinajstić information content (AvgIpc) is 2.45. The first-order chi connectivity index (χ1) is 10.5. The van der Waals surface area contributed by atoms with Gasteiger partial charge in [0.2, 0.25) is 11.8 Å². The highest BCUT2D eigenvalue weighted by molar-refractivity contribution is 6.30. The first kappa shape index (κ1) is 16.0. The zero-order valence-electron chi connectivity index (χ0n) is 11.8. The molecule has 2 amide bonds. The van der Waals surface area contributed by atoms with Gasteiger partial charge in [-0.05, 0) is 42.5 Å². The molecule has 2 rings (SSSR count). The highest BCUT2D eigenvalue weighted by atomic mass is 35.5. The second kappa shape index (κ2) is 7.04. The molecule has 0 spiro atoms.